The molecule has 0 spiro atoms. The zero-order valence-electron chi connectivity index (χ0n) is 25.7. The van der Waals surface area contributed by atoms with Gasteiger partial charge in [-0.2, -0.15) is 0 Å². The first-order valence-corrected chi connectivity index (χ1v) is 16.7. The Morgan fingerprint density at radius 2 is 1.61 bits per heavy atom. The number of morpholine rings is 1. The lowest BCUT2D eigenvalue weighted by molar-refractivity contribution is -0.117. The fourth-order valence-corrected chi connectivity index (χ4v) is 6.52. The van der Waals surface area contributed by atoms with Gasteiger partial charge in [0, 0.05) is 34.4 Å². The zero-order valence-corrected chi connectivity index (χ0v) is 27.2. The maximum absolute atomic E-state index is 13.8. The van der Waals surface area contributed by atoms with Gasteiger partial charge in [-0.3, -0.25) is 4.79 Å². The van der Waals surface area contributed by atoms with E-state index in [1.807, 2.05) is 103 Å². The minimum atomic E-state index is -1.00. The van der Waals surface area contributed by atoms with Gasteiger partial charge in [0.1, 0.15) is 6.04 Å². The molecule has 1 saturated heterocycles. The molecule has 0 radical (unpaired) electrons. The van der Waals surface area contributed by atoms with Crippen molar-refractivity contribution in [2.45, 2.75) is 36.0 Å². The van der Waals surface area contributed by atoms with Crippen molar-refractivity contribution >= 4 is 46.6 Å². The van der Waals surface area contributed by atoms with Crippen molar-refractivity contribution in [3.63, 3.8) is 0 Å². The maximum atomic E-state index is 13.8. The molecule has 1 aliphatic heterocycles. The number of thioether (sulfide) groups is 1. The van der Waals surface area contributed by atoms with Crippen molar-refractivity contribution in [3.05, 3.63) is 137 Å². The molecule has 1 heterocycles. The summed E-state index contributed by atoms with van der Waals surface area (Å²) in [6.07, 6.45) is 2.68. The third-order valence-electron chi connectivity index (χ3n) is 7.62. The molecule has 5 rings (SSSR count). The Morgan fingerprint density at radius 3 is 2.30 bits per heavy atom. The lowest BCUT2D eigenvalue weighted by Gasteiger charge is -2.31. The Kier molecular flexibility index (Phi) is 12.3. The topological polar surface area (TPSA) is 88.7 Å². The Bertz CT molecular complexity index is 1580. The number of benzene rings is 4. The lowest BCUT2D eigenvalue weighted by atomic mass is 9.95. The molecule has 0 saturated carbocycles. The molecule has 1 aliphatic rings. The van der Waals surface area contributed by atoms with Crippen LogP contribution in [-0.2, 0) is 20.7 Å². The number of aryl methyl sites for hydroxylation is 1. The summed E-state index contributed by atoms with van der Waals surface area (Å²) in [5, 5.41) is 10.0. The molecule has 238 valence electrons. The van der Waals surface area contributed by atoms with Crippen LogP contribution in [0.1, 0.15) is 23.1 Å². The predicted octanol–water partition coefficient (Wildman–Crippen LogP) is 7.22. The number of ether oxygens (including phenoxy) is 2. The molecule has 3 unspecified atom stereocenters. The second-order valence-corrected chi connectivity index (χ2v) is 12.4. The number of halogens is 1. The highest BCUT2D eigenvalue weighted by atomic mass is 35.5. The third kappa shape index (κ3) is 9.71. The van der Waals surface area contributed by atoms with Crippen LogP contribution in [0.25, 0.3) is 5.57 Å². The van der Waals surface area contributed by atoms with Crippen LogP contribution < -0.4 is 16.0 Å². The van der Waals surface area contributed by atoms with E-state index in [4.69, 9.17) is 21.1 Å². The zero-order chi connectivity index (χ0) is 32.1. The summed E-state index contributed by atoms with van der Waals surface area (Å²) < 4.78 is 11.3. The molecule has 0 bridgehead atoms. The molecule has 1 fully saturated rings. The van der Waals surface area contributed by atoms with Crippen molar-refractivity contribution in [3.8, 4) is 0 Å². The summed E-state index contributed by atoms with van der Waals surface area (Å²) in [6.45, 7) is 1.57. The van der Waals surface area contributed by atoms with Gasteiger partial charge in [-0.05, 0) is 65.4 Å². The van der Waals surface area contributed by atoms with E-state index in [9.17, 15) is 9.59 Å². The molecule has 0 aliphatic carbocycles. The highest BCUT2D eigenvalue weighted by Crippen LogP contribution is 2.26. The van der Waals surface area contributed by atoms with Gasteiger partial charge >= 0.3 is 6.09 Å². The van der Waals surface area contributed by atoms with Gasteiger partial charge in [-0.1, -0.05) is 96.5 Å². The van der Waals surface area contributed by atoms with Crippen molar-refractivity contribution in [1.82, 2.24) is 10.6 Å². The van der Waals surface area contributed by atoms with E-state index in [1.54, 1.807) is 17.8 Å². The van der Waals surface area contributed by atoms with Crippen LogP contribution in [0.4, 0.5) is 10.5 Å². The summed E-state index contributed by atoms with van der Waals surface area (Å²) in [7, 11) is 1.28. The molecule has 7 nitrogen and oxygen atoms in total. The molecule has 0 aromatic heterocycles. The minimum absolute atomic E-state index is 0.0402. The quantitative estimate of drug-likeness (QED) is 0.140. The SMILES string of the molecule is COC(=O)NC(C=C(c1ccccc1)c1ccccc1)C(=O)Nc1ccccc1CCC1CNCC(CSc2cccc(Cl)c2)O1. The molecule has 3 atom stereocenters. The first kappa shape index (κ1) is 33.3. The van der Waals surface area contributed by atoms with Crippen LogP contribution in [0.5, 0.6) is 0 Å². The monoisotopic (exact) mass is 655 g/mol. The van der Waals surface area contributed by atoms with E-state index in [0.717, 1.165) is 57.4 Å². The highest BCUT2D eigenvalue weighted by molar-refractivity contribution is 7.99. The summed E-state index contributed by atoms with van der Waals surface area (Å²) in [6, 6.07) is 34.1. The molecule has 4 aromatic rings. The minimum Gasteiger partial charge on any atom is -0.453 e. The van der Waals surface area contributed by atoms with Gasteiger partial charge in [-0.25, -0.2) is 4.79 Å². The first-order valence-electron chi connectivity index (χ1n) is 15.3. The smallest absolute Gasteiger partial charge is 0.407 e. The van der Waals surface area contributed by atoms with Crippen LogP contribution in [0.3, 0.4) is 0 Å². The standard InChI is InChI=1S/C37H38ClN3O4S/c1-44-37(43)41-35(22-33(26-11-4-2-5-12-26)27-13-6-3-7-14-27)36(42)40-34-18-9-8-15-28(34)19-20-30-23-39-24-31(45-30)25-46-32-17-10-16-29(38)21-32/h2-18,21-22,30-31,35,39H,19-20,23-25H2,1H3,(H,40,42)(H,41,43). The van der Waals surface area contributed by atoms with Gasteiger partial charge < -0.3 is 25.4 Å². The van der Waals surface area contributed by atoms with Gasteiger partial charge in [0.15, 0.2) is 0 Å². The van der Waals surface area contributed by atoms with E-state index >= 15 is 0 Å². The van der Waals surface area contributed by atoms with Crippen LogP contribution in [0.15, 0.2) is 120 Å². The predicted molar refractivity (Wildman–Crippen MR) is 186 cm³/mol. The molecule has 3 N–H and O–H groups in total. The summed E-state index contributed by atoms with van der Waals surface area (Å²) in [5.41, 5.74) is 4.33. The summed E-state index contributed by atoms with van der Waals surface area (Å²) >= 11 is 7.88. The van der Waals surface area contributed by atoms with Gasteiger partial charge in [0.2, 0.25) is 0 Å². The average Bonchev–Trinajstić information content (AvgIpc) is 3.09. The summed E-state index contributed by atoms with van der Waals surface area (Å²) in [4.78, 5) is 27.3. The molecule has 4 aromatic carbocycles. The fraction of sp³-hybridized carbons (Fsp3) is 0.243. The highest BCUT2D eigenvalue weighted by Gasteiger charge is 2.24. The fourth-order valence-electron chi connectivity index (χ4n) is 5.31. The molecule has 2 amide bonds. The number of anilines is 1. The number of amides is 2. The van der Waals surface area contributed by atoms with Crippen LogP contribution in [0.2, 0.25) is 5.02 Å². The van der Waals surface area contributed by atoms with E-state index in [2.05, 4.69) is 22.0 Å². The number of carbonyl (C=O) groups excluding carboxylic acids is 2. The third-order valence-corrected chi connectivity index (χ3v) is 8.98. The normalized spacial score (nSPS) is 16.6. The number of rotatable bonds is 12. The van der Waals surface area contributed by atoms with E-state index in [1.165, 1.54) is 7.11 Å². The number of hydrogen-bond acceptors (Lipinski definition) is 6. The molecular weight excluding hydrogens is 618 g/mol. The molecule has 46 heavy (non-hydrogen) atoms. The van der Waals surface area contributed by atoms with Gasteiger partial charge in [0.25, 0.3) is 5.91 Å². The largest absolute Gasteiger partial charge is 0.453 e. The van der Waals surface area contributed by atoms with Crippen LogP contribution in [-0.4, -0.2) is 56.2 Å². The van der Waals surface area contributed by atoms with Gasteiger partial charge in [-0.15, -0.1) is 11.8 Å². The van der Waals surface area contributed by atoms with Crippen molar-refractivity contribution < 1.29 is 19.1 Å². The van der Waals surface area contributed by atoms with Gasteiger partial charge in [0.05, 0.1) is 19.3 Å². The second kappa shape index (κ2) is 17.0. The second-order valence-electron chi connectivity index (χ2n) is 10.9. The van der Waals surface area contributed by atoms with E-state index in [0.29, 0.717) is 12.1 Å². The molecule has 9 heteroatoms. The maximum Gasteiger partial charge on any atom is 0.407 e. The van der Waals surface area contributed by atoms with Crippen molar-refractivity contribution in [2.75, 3.05) is 31.3 Å². The number of para-hydroxylation sites is 1. The number of hydrogen-bond donors (Lipinski definition) is 3. The number of nitrogens with one attached hydrogen (secondary N) is 3. The number of methoxy groups -OCH3 is 1. The van der Waals surface area contributed by atoms with E-state index < -0.39 is 12.1 Å². The van der Waals surface area contributed by atoms with Crippen molar-refractivity contribution in [1.29, 1.82) is 0 Å². The Balaban J connectivity index is 1.27. The van der Waals surface area contributed by atoms with Crippen LogP contribution >= 0.6 is 23.4 Å². The van der Waals surface area contributed by atoms with Crippen molar-refractivity contribution in [2.24, 2.45) is 0 Å². The summed E-state index contributed by atoms with van der Waals surface area (Å²) in [5.74, 6) is 0.447. The Labute approximate surface area is 279 Å². The van der Waals surface area contributed by atoms with Crippen LogP contribution in [0, 0.1) is 0 Å². The number of carbonyl (C=O) groups is 2. The molecular formula is C37H38ClN3O4S. The van der Waals surface area contributed by atoms with E-state index in [-0.39, 0.29) is 18.1 Å². The lowest BCUT2D eigenvalue weighted by Crippen LogP contribution is -2.46. The Morgan fingerprint density at radius 1 is 0.935 bits per heavy atom. The average molecular weight is 656 g/mol. The first-order chi connectivity index (χ1) is 22.5. The Hall–Kier alpha value is -4.08. The number of alkyl carbamates (subject to hydrolysis) is 1.